The molecule has 140 valence electrons. The van der Waals surface area contributed by atoms with Crippen molar-refractivity contribution in [2.24, 2.45) is 0 Å². The fourth-order valence-corrected chi connectivity index (χ4v) is 3.67. The highest BCUT2D eigenvalue weighted by atomic mass is 32.1. The first kappa shape index (κ1) is 19.9. The minimum Gasteiger partial charge on any atom is -0.497 e. The fraction of sp³-hybridized carbons (Fsp3) is 0.421. The highest BCUT2D eigenvalue weighted by Gasteiger charge is 2.21. The van der Waals surface area contributed by atoms with Crippen molar-refractivity contribution in [1.29, 1.82) is 0 Å². The maximum Gasteiger partial charge on any atom is 0.347 e. The van der Waals surface area contributed by atoms with Crippen LogP contribution in [0.25, 0.3) is 0 Å². The zero-order chi connectivity index (χ0) is 19.3. The lowest BCUT2D eigenvalue weighted by Gasteiger charge is -2.17. The molecule has 1 aromatic heterocycles. The number of methoxy groups -OCH3 is 1. The zero-order valence-electron chi connectivity index (χ0n) is 15.4. The Kier molecular flexibility index (Phi) is 6.74. The van der Waals surface area contributed by atoms with E-state index in [0.717, 1.165) is 29.1 Å². The summed E-state index contributed by atoms with van der Waals surface area (Å²) in [5, 5.41) is 12.7. The fourth-order valence-electron chi connectivity index (χ4n) is 2.76. The average molecular weight is 376 g/mol. The number of aromatic carboxylic acids is 1. The number of nitrogens with zero attached hydrogens (tertiary/aromatic N) is 1. The molecule has 0 aliphatic carbocycles. The van der Waals surface area contributed by atoms with Crippen molar-refractivity contribution < 1.29 is 19.4 Å². The number of carboxylic acids is 1. The molecule has 6 nitrogen and oxygen atoms in total. The van der Waals surface area contributed by atoms with E-state index >= 15 is 0 Å². The maximum absolute atomic E-state index is 12.4. The van der Waals surface area contributed by atoms with Gasteiger partial charge in [-0.3, -0.25) is 4.79 Å². The van der Waals surface area contributed by atoms with E-state index in [1.807, 2.05) is 31.2 Å². The van der Waals surface area contributed by atoms with E-state index in [4.69, 9.17) is 9.84 Å². The summed E-state index contributed by atoms with van der Waals surface area (Å²) < 4.78 is 5.17. The first-order valence-electron chi connectivity index (χ1n) is 8.49. The number of carbonyl (C=O) groups is 2. The number of rotatable bonds is 8. The van der Waals surface area contributed by atoms with Gasteiger partial charge < -0.3 is 15.2 Å². The third kappa shape index (κ3) is 4.82. The first-order chi connectivity index (χ1) is 12.3. The molecule has 0 aliphatic rings. The molecular weight excluding hydrogens is 352 g/mol. The van der Waals surface area contributed by atoms with Crippen LogP contribution in [0.5, 0.6) is 5.75 Å². The molecule has 1 amide bonds. The van der Waals surface area contributed by atoms with E-state index < -0.39 is 5.97 Å². The minimum absolute atomic E-state index is 0.0788. The van der Waals surface area contributed by atoms with Crippen LogP contribution in [0, 0.1) is 6.92 Å². The molecule has 2 aromatic rings. The quantitative estimate of drug-likeness (QED) is 0.729. The second-order valence-corrected chi connectivity index (χ2v) is 7.17. The number of carbonyl (C=O) groups excluding carboxylic acids is 1. The molecule has 7 heteroatoms. The molecule has 0 fully saturated rings. The predicted octanol–water partition coefficient (Wildman–Crippen LogP) is 3.92. The highest BCUT2D eigenvalue weighted by Crippen LogP contribution is 2.27. The van der Waals surface area contributed by atoms with Gasteiger partial charge in [-0.25, -0.2) is 9.78 Å². The van der Waals surface area contributed by atoms with Crippen molar-refractivity contribution in [3.8, 4) is 5.75 Å². The van der Waals surface area contributed by atoms with Crippen LogP contribution in [0.4, 0.5) is 0 Å². The van der Waals surface area contributed by atoms with Crippen molar-refractivity contribution >= 4 is 23.2 Å². The summed E-state index contributed by atoms with van der Waals surface area (Å²) in [6, 6.07) is 7.42. The van der Waals surface area contributed by atoms with E-state index in [9.17, 15) is 9.59 Å². The van der Waals surface area contributed by atoms with Gasteiger partial charge in [-0.05, 0) is 43.9 Å². The zero-order valence-corrected chi connectivity index (χ0v) is 16.2. The van der Waals surface area contributed by atoms with Crippen molar-refractivity contribution in [2.45, 2.75) is 45.6 Å². The number of amides is 1. The number of ether oxygens (including phenoxy) is 1. The third-order valence-corrected chi connectivity index (χ3v) is 5.60. The Bertz CT molecular complexity index is 770. The number of aryl methyl sites for hydroxylation is 1. The van der Waals surface area contributed by atoms with Crippen LogP contribution in [-0.2, 0) is 4.79 Å². The molecule has 2 unspecified atom stereocenters. The smallest absolute Gasteiger partial charge is 0.347 e. The SMILES string of the molecule is CCC(CC(=O)NC(C)c1nc(C)c(C(=O)O)s1)c1ccc(OC)cc1. The number of benzene rings is 1. The first-order valence-corrected chi connectivity index (χ1v) is 9.31. The molecule has 0 spiro atoms. The predicted molar refractivity (Wildman–Crippen MR) is 101 cm³/mol. The second-order valence-electron chi connectivity index (χ2n) is 6.14. The lowest BCUT2D eigenvalue weighted by molar-refractivity contribution is -0.122. The van der Waals surface area contributed by atoms with Crippen LogP contribution in [0.2, 0.25) is 0 Å². The Morgan fingerprint density at radius 1 is 1.31 bits per heavy atom. The van der Waals surface area contributed by atoms with E-state index in [1.54, 1.807) is 14.0 Å². The summed E-state index contributed by atoms with van der Waals surface area (Å²) in [4.78, 5) is 28.1. The molecule has 0 bridgehead atoms. The van der Waals surface area contributed by atoms with E-state index in [-0.39, 0.29) is 22.7 Å². The molecule has 0 saturated carbocycles. The van der Waals surface area contributed by atoms with Gasteiger partial charge in [-0.1, -0.05) is 19.1 Å². The van der Waals surface area contributed by atoms with Crippen molar-refractivity contribution in [3.63, 3.8) is 0 Å². The van der Waals surface area contributed by atoms with E-state index in [2.05, 4.69) is 17.2 Å². The molecular formula is C19H24N2O4S. The van der Waals surface area contributed by atoms with Gasteiger partial charge in [-0.2, -0.15) is 0 Å². The van der Waals surface area contributed by atoms with Gasteiger partial charge in [0.25, 0.3) is 0 Å². The summed E-state index contributed by atoms with van der Waals surface area (Å²) in [7, 11) is 1.62. The van der Waals surface area contributed by atoms with Crippen LogP contribution < -0.4 is 10.1 Å². The van der Waals surface area contributed by atoms with Gasteiger partial charge in [0, 0.05) is 6.42 Å². The van der Waals surface area contributed by atoms with Crippen LogP contribution in [0.1, 0.15) is 64.6 Å². The van der Waals surface area contributed by atoms with Gasteiger partial charge >= 0.3 is 5.97 Å². The molecule has 26 heavy (non-hydrogen) atoms. The minimum atomic E-state index is -0.990. The largest absolute Gasteiger partial charge is 0.497 e. The molecule has 1 heterocycles. The van der Waals surface area contributed by atoms with Crippen LogP contribution >= 0.6 is 11.3 Å². The number of carboxylic acid groups (broad SMARTS) is 1. The number of aromatic nitrogens is 1. The Morgan fingerprint density at radius 3 is 2.46 bits per heavy atom. The maximum atomic E-state index is 12.4. The van der Waals surface area contributed by atoms with Gasteiger partial charge in [0.1, 0.15) is 15.6 Å². The van der Waals surface area contributed by atoms with Crippen molar-refractivity contribution in [2.75, 3.05) is 7.11 Å². The van der Waals surface area contributed by atoms with Crippen molar-refractivity contribution in [3.05, 3.63) is 45.4 Å². The third-order valence-electron chi connectivity index (χ3n) is 4.27. The molecule has 0 saturated heterocycles. The van der Waals surface area contributed by atoms with Gasteiger partial charge in [0.2, 0.25) is 5.91 Å². The van der Waals surface area contributed by atoms with E-state index in [1.165, 1.54) is 0 Å². The molecule has 0 aliphatic heterocycles. The summed E-state index contributed by atoms with van der Waals surface area (Å²) in [5.74, 6) is -0.170. The second kappa shape index (κ2) is 8.80. The molecule has 2 atom stereocenters. The van der Waals surface area contributed by atoms with Crippen LogP contribution in [0.3, 0.4) is 0 Å². The average Bonchev–Trinajstić information content (AvgIpc) is 3.02. The summed E-state index contributed by atoms with van der Waals surface area (Å²) in [6.45, 7) is 5.53. The number of hydrogen-bond donors (Lipinski definition) is 2. The summed E-state index contributed by atoms with van der Waals surface area (Å²) in [6.07, 6.45) is 1.21. The standard InChI is InChI=1S/C19H24N2O4S/c1-5-13(14-6-8-15(25-4)9-7-14)10-16(22)20-12(3)18-21-11(2)17(26-18)19(23)24/h6-9,12-13H,5,10H2,1-4H3,(H,20,22)(H,23,24). The Labute approximate surface area is 157 Å². The highest BCUT2D eigenvalue weighted by molar-refractivity contribution is 7.13. The number of nitrogens with one attached hydrogen (secondary N) is 1. The molecule has 2 N–H and O–H groups in total. The lowest BCUT2D eigenvalue weighted by Crippen LogP contribution is -2.27. The number of hydrogen-bond acceptors (Lipinski definition) is 5. The summed E-state index contributed by atoms with van der Waals surface area (Å²) >= 11 is 1.10. The Morgan fingerprint density at radius 2 is 1.96 bits per heavy atom. The van der Waals surface area contributed by atoms with Crippen LogP contribution in [-0.4, -0.2) is 29.1 Å². The topological polar surface area (TPSA) is 88.5 Å². The monoisotopic (exact) mass is 376 g/mol. The Hall–Kier alpha value is -2.41. The van der Waals surface area contributed by atoms with Gasteiger partial charge in [-0.15, -0.1) is 11.3 Å². The summed E-state index contributed by atoms with van der Waals surface area (Å²) in [5.41, 5.74) is 1.57. The van der Waals surface area contributed by atoms with Crippen molar-refractivity contribution in [1.82, 2.24) is 10.3 Å². The molecule has 0 radical (unpaired) electrons. The number of thiazole rings is 1. The lowest BCUT2D eigenvalue weighted by atomic mass is 9.93. The molecule has 2 rings (SSSR count). The van der Waals surface area contributed by atoms with Gasteiger partial charge in [0.05, 0.1) is 18.8 Å². The van der Waals surface area contributed by atoms with Gasteiger partial charge in [0.15, 0.2) is 0 Å². The normalized spacial score (nSPS) is 13.1. The molecule has 1 aromatic carbocycles. The Balaban J connectivity index is 2.01. The van der Waals surface area contributed by atoms with E-state index in [0.29, 0.717) is 17.1 Å². The van der Waals surface area contributed by atoms with Crippen LogP contribution in [0.15, 0.2) is 24.3 Å².